The Labute approximate surface area is 85.1 Å². The fourth-order valence-electron chi connectivity index (χ4n) is 1.59. The number of hydrogen-bond donors (Lipinski definition) is 0. The predicted octanol–water partition coefficient (Wildman–Crippen LogP) is 1.99. The molecule has 0 aromatic rings. The molecule has 2 nitrogen and oxygen atoms in total. The predicted molar refractivity (Wildman–Crippen MR) is 57.9 cm³/mol. The van der Waals surface area contributed by atoms with Gasteiger partial charge in [-0.15, -0.1) is 11.8 Å². The molecule has 0 aromatic carbocycles. The lowest BCUT2D eigenvalue weighted by molar-refractivity contribution is -0.126. The average Bonchev–Trinajstić information content (AvgIpc) is 2.50. The highest BCUT2D eigenvalue weighted by Gasteiger charge is 2.33. The van der Waals surface area contributed by atoms with E-state index in [9.17, 15) is 4.79 Å². The minimum absolute atomic E-state index is 0.171. The lowest BCUT2D eigenvalue weighted by atomic mass is 10.0. The van der Waals surface area contributed by atoms with E-state index in [-0.39, 0.29) is 12.0 Å². The van der Waals surface area contributed by atoms with Crippen molar-refractivity contribution in [2.45, 2.75) is 39.8 Å². The van der Waals surface area contributed by atoms with Gasteiger partial charge in [0.25, 0.3) is 0 Å². The third-order valence-corrected chi connectivity index (χ3v) is 3.51. The van der Waals surface area contributed by atoms with E-state index in [0.29, 0.717) is 11.8 Å². The molecule has 3 heteroatoms. The van der Waals surface area contributed by atoms with E-state index in [4.69, 9.17) is 0 Å². The molecular formula is C10H19NOS. The van der Waals surface area contributed by atoms with Crippen molar-refractivity contribution < 1.29 is 4.79 Å². The Morgan fingerprint density at radius 2 is 2.00 bits per heavy atom. The van der Waals surface area contributed by atoms with Gasteiger partial charge in [0.1, 0.15) is 0 Å². The fraction of sp³-hybridized carbons (Fsp3) is 0.900. The standard InChI is InChI=1S/C10H19NOS/c1-7(2)10(12)9-5-13-6-11(9)8(3)4/h7-9H,5-6H2,1-4H3/t9-/m0/s1. The van der Waals surface area contributed by atoms with Crippen LogP contribution in [-0.2, 0) is 4.79 Å². The monoisotopic (exact) mass is 201 g/mol. The number of Topliss-reactive ketones (excluding diaryl/α,β-unsaturated/α-hetero) is 1. The van der Waals surface area contributed by atoms with Crippen LogP contribution in [0.4, 0.5) is 0 Å². The number of thioether (sulfide) groups is 1. The summed E-state index contributed by atoms with van der Waals surface area (Å²) in [6.07, 6.45) is 0. The SMILES string of the molecule is CC(C)C(=O)[C@@H]1CSCN1C(C)C. The van der Waals surface area contributed by atoms with Gasteiger partial charge in [-0.2, -0.15) is 0 Å². The first kappa shape index (κ1) is 11.1. The van der Waals surface area contributed by atoms with E-state index < -0.39 is 0 Å². The van der Waals surface area contributed by atoms with Crippen molar-refractivity contribution in [2.75, 3.05) is 11.6 Å². The highest BCUT2D eigenvalue weighted by molar-refractivity contribution is 7.99. The summed E-state index contributed by atoms with van der Waals surface area (Å²) in [5.41, 5.74) is 0. The zero-order chi connectivity index (χ0) is 10.0. The summed E-state index contributed by atoms with van der Waals surface area (Å²) in [6, 6.07) is 0.660. The van der Waals surface area contributed by atoms with Crippen LogP contribution in [0.25, 0.3) is 0 Å². The minimum atomic E-state index is 0.171. The Bertz CT molecular complexity index is 191. The molecule has 0 aromatic heterocycles. The Morgan fingerprint density at radius 3 is 2.46 bits per heavy atom. The summed E-state index contributed by atoms with van der Waals surface area (Å²) in [4.78, 5) is 14.1. The zero-order valence-electron chi connectivity index (χ0n) is 8.91. The molecule has 0 radical (unpaired) electrons. The number of hydrogen-bond acceptors (Lipinski definition) is 3. The summed E-state index contributed by atoms with van der Waals surface area (Å²) in [6.45, 7) is 8.30. The maximum Gasteiger partial charge on any atom is 0.153 e. The first-order valence-electron chi connectivity index (χ1n) is 4.91. The van der Waals surface area contributed by atoms with E-state index in [0.717, 1.165) is 11.6 Å². The molecule has 1 saturated heterocycles. The van der Waals surface area contributed by atoms with Crippen LogP contribution in [0.15, 0.2) is 0 Å². The Hall–Kier alpha value is -0.0200. The van der Waals surface area contributed by atoms with E-state index in [1.165, 1.54) is 0 Å². The molecule has 76 valence electrons. The van der Waals surface area contributed by atoms with E-state index in [2.05, 4.69) is 18.7 Å². The Morgan fingerprint density at radius 1 is 1.38 bits per heavy atom. The fourth-order valence-corrected chi connectivity index (χ4v) is 2.97. The van der Waals surface area contributed by atoms with Gasteiger partial charge in [0.05, 0.1) is 6.04 Å². The van der Waals surface area contributed by atoms with E-state index >= 15 is 0 Å². The summed E-state index contributed by atoms with van der Waals surface area (Å²) in [7, 11) is 0. The molecule has 1 rings (SSSR count). The lowest BCUT2D eigenvalue weighted by Gasteiger charge is -2.27. The largest absolute Gasteiger partial charge is 0.298 e. The number of nitrogens with zero attached hydrogens (tertiary/aromatic N) is 1. The smallest absolute Gasteiger partial charge is 0.153 e. The molecule has 1 aliphatic heterocycles. The second-order valence-corrected chi connectivity index (χ2v) is 5.18. The van der Waals surface area contributed by atoms with Crippen LogP contribution in [0.1, 0.15) is 27.7 Å². The second-order valence-electron chi connectivity index (χ2n) is 4.18. The third kappa shape index (κ3) is 2.47. The van der Waals surface area contributed by atoms with Gasteiger partial charge in [0.2, 0.25) is 0 Å². The van der Waals surface area contributed by atoms with Gasteiger partial charge in [-0.1, -0.05) is 13.8 Å². The first-order chi connectivity index (χ1) is 6.04. The van der Waals surface area contributed by atoms with Gasteiger partial charge in [-0.3, -0.25) is 9.69 Å². The summed E-state index contributed by atoms with van der Waals surface area (Å²) < 4.78 is 0. The van der Waals surface area contributed by atoms with Crippen molar-refractivity contribution in [3.8, 4) is 0 Å². The molecule has 1 fully saturated rings. The third-order valence-electron chi connectivity index (χ3n) is 2.48. The summed E-state index contributed by atoms with van der Waals surface area (Å²) in [5, 5.41) is 0. The van der Waals surface area contributed by atoms with Crippen molar-refractivity contribution >= 4 is 17.5 Å². The molecule has 13 heavy (non-hydrogen) atoms. The molecule has 1 atom stereocenters. The van der Waals surface area contributed by atoms with Crippen LogP contribution >= 0.6 is 11.8 Å². The number of carbonyl (C=O) groups is 1. The van der Waals surface area contributed by atoms with Gasteiger partial charge >= 0.3 is 0 Å². The zero-order valence-corrected chi connectivity index (χ0v) is 9.73. The normalized spacial score (nSPS) is 24.6. The highest BCUT2D eigenvalue weighted by atomic mass is 32.2. The van der Waals surface area contributed by atoms with Gasteiger partial charge in [-0.05, 0) is 13.8 Å². The molecular weight excluding hydrogens is 182 g/mol. The van der Waals surface area contributed by atoms with Gasteiger partial charge in [-0.25, -0.2) is 0 Å². The van der Waals surface area contributed by atoms with Gasteiger partial charge in [0.15, 0.2) is 5.78 Å². The molecule has 0 bridgehead atoms. The van der Waals surface area contributed by atoms with Crippen molar-refractivity contribution in [3.05, 3.63) is 0 Å². The Balaban J connectivity index is 2.63. The van der Waals surface area contributed by atoms with Crippen LogP contribution < -0.4 is 0 Å². The molecule has 0 saturated carbocycles. The Kier molecular flexibility index (Phi) is 3.80. The van der Waals surface area contributed by atoms with E-state index in [1.54, 1.807) is 0 Å². The molecule has 0 amide bonds. The maximum atomic E-state index is 11.8. The highest BCUT2D eigenvalue weighted by Crippen LogP contribution is 2.25. The van der Waals surface area contributed by atoms with Crippen molar-refractivity contribution in [1.29, 1.82) is 0 Å². The average molecular weight is 201 g/mol. The second kappa shape index (κ2) is 4.47. The number of rotatable bonds is 3. The van der Waals surface area contributed by atoms with Crippen molar-refractivity contribution in [2.24, 2.45) is 5.92 Å². The lowest BCUT2D eigenvalue weighted by Crippen LogP contribution is -2.43. The van der Waals surface area contributed by atoms with Crippen LogP contribution in [-0.4, -0.2) is 34.4 Å². The minimum Gasteiger partial charge on any atom is -0.298 e. The van der Waals surface area contributed by atoms with Crippen LogP contribution in [0.2, 0.25) is 0 Å². The van der Waals surface area contributed by atoms with Gasteiger partial charge < -0.3 is 0 Å². The summed E-state index contributed by atoms with van der Waals surface area (Å²) >= 11 is 1.87. The maximum absolute atomic E-state index is 11.8. The molecule has 0 aliphatic carbocycles. The molecule has 0 spiro atoms. The molecule has 1 aliphatic rings. The molecule has 0 N–H and O–H groups in total. The molecule has 1 heterocycles. The van der Waals surface area contributed by atoms with Crippen LogP contribution in [0, 0.1) is 5.92 Å². The topological polar surface area (TPSA) is 20.3 Å². The van der Waals surface area contributed by atoms with Gasteiger partial charge in [0, 0.05) is 23.6 Å². The molecule has 0 unspecified atom stereocenters. The number of ketones is 1. The van der Waals surface area contributed by atoms with Crippen LogP contribution in [0.3, 0.4) is 0 Å². The summed E-state index contributed by atoms with van der Waals surface area (Å²) in [5.74, 6) is 2.57. The quantitative estimate of drug-likeness (QED) is 0.696. The first-order valence-corrected chi connectivity index (χ1v) is 6.06. The van der Waals surface area contributed by atoms with Crippen molar-refractivity contribution in [3.63, 3.8) is 0 Å². The van der Waals surface area contributed by atoms with Crippen molar-refractivity contribution in [1.82, 2.24) is 4.90 Å². The van der Waals surface area contributed by atoms with Crippen LogP contribution in [0.5, 0.6) is 0 Å². The number of carbonyl (C=O) groups excluding carboxylic acids is 1. The van der Waals surface area contributed by atoms with E-state index in [1.807, 2.05) is 25.6 Å².